The van der Waals surface area contributed by atoms with E-state index in [9.17, 15) is 9.90 Å². The molecule has 4 aromatic rings. The molecule has 1 aromatic heterocycles. The van der Waals surface area contributed by atoms with Crippen molar-refractivity contribution in [2.45, 2.75) is 0 Å². The Morgan fingerprint density at radius 3 is 2.61 bits per heavy atom. The van der Waals surface area contributed by atoms with Crippen LogP contribution >= 0.6 is 22.9 Å². The number of thiazole rings is 1. The first kappa shape index (κ1) is 22.3. The molecule has 7 nitrogen and oxygen atoms in total. The number of aromatic nitrogens is 1. The number of phenolic OH excluding ortho intramolecular Hbond substituents is 1. The van der Waals surface area contributed by atoms with Gasteiger partial charge in [0.25, 0.3) is 5.91 Å². The third kappa shape index (κ3) is 5.68. The fourth-order valence-electron chi connectivity index (χ4n) is 2.92. The van der Waals surface area contributed by atoms with E-state index in [4.69, 9.17) is 16.3 Å². The van der Waals surface area contributed by atoms with Crippen LogP contribution in [0.1, 0.15) is 15.9 Å². The molecule has 0 unspecified atom stereocenters. The van der Waals surface area contributed by atoms with E-state index in [-0.39, 0.29) is 11.7 Å². The van der Waals surface area contributed by atoms with Gasteiger partial charge < -0.3 is 15.2 Å². The number of hydrazone groups is 1. The average molecular weight is 479 g/mol. The number of hydrogen-bond donors (Lipinski definition) is 3. The van der Waals surface area contributed by atoms with Crippen LogP contribution in [0.3, 0.4) is 0 Å². The number of carbonyl (C=O) groups excluding carboxylic acids is 1. The van der Waals surface area contributed by atoms with Crippen LogP contribution in [-0.2, 0) is 0 Å². The van der Waals surface area contributed by atoms with Gasteiger partial charge in [0, 0.05) is 27.2 Å². The molecule has 0 aliphatic rings. The molecule has 0 atom stereocenters. The molecular formula is C24H19ClN4O3S. The zero-order valence-corrected chi connectivity index (χ0v) is 19.0. The van der Waals surface area contributed by atoms with Crippen molar-refractivity contribution in [3.05, 3.63) is 88.3 Å². The monoisotopic (exact) mass is 478 g/mol. The maximum Gasteiger partial charge on any atom is 0.271 e. The van der Waals surface area contributed by atoms with Crippen molar-refractivity contribution in [2.24, 2.45) is 5.10 Å². The van der Waals surface area contributed by atoms with Crippen molar-refractivity contribution >= 4 is 45.9 Å². The largest absolute Gasteiger partial charge is 0.504 e. The Hall–Kier alpha value is -3.88. The number of phenols is 1. The lowest BCUT2D eigenvalue weighted by molar-refractivity contribution is 0.0955. The molecule has 166 valence electrons. The van der Waals surface area contributed by atoms with E-state index in [1.807, 2.05) is 41.8 Å². The second kappa shape index (κ2) is 10.2. The van der Waals surface area contributed by atoms with Crippen LogP contribution in [0, 0.1) is 0 Å². The summed E-state index contributed by atoms with van der Waals surface area (Å²) in [6.45, 7) is 0. The van der Waals surface area contributed by atoms with Crippen LogP contribution < -0.4 is 15.5 Å². The Labute approximate surface area is 199 Å². The number of halogens is 1. The number of methoxy groups -OCH3 is 1. The van der Waals surface area contributed by atoms with E-state index in [2.05, 4.69) is 20.8 Å². The topological polar surface area (TPSA) is 95.8 Å². The van der Waals surface area contributed by atoms with Crippen LogP contribution in [0.15, 0.2) is 77.2 Å². The molecule has 0 saturated heterocycles. The van der Waals surface area contributed by atoms with E-state index in [1.54, 1.807) is 24.3 Å². The minimum absolute atomic E-state index is 0.0340. The Bertz CT molecular complexity index is 1290. The normalized spacial score (nSPS) is 10.8. The Morgan fingerprint density at radius 1 is 1.12 bits per heavy atom. The molecule has 1 amide bonds. The number of carbonyl (C=O) groups is 1. The van der Waals surface area contributed by atoms with Crippen molar-refractivity contribution in [1.82, 2.24) is 10.4 Å². The number of aromatic hydroxyl groups is 1. The number of nitrogens with one attached hydrogen (secondary N) is 2. The average Bonchev–Trinajstić information content (AvgIpc) is 3.30. The Kier molecular flexibility index (Phi) is 6.87. The Morgan fingerprint density at radius 2 is 1.88 bits per heavy atom. The second-order valence-electron chi connectivity index (χ2n) is 6.88. The van der Waals surface area contributed by atoms with Crippen LogP contribution in [0.4, 0.5) is 10.8 Å². The predicted octanol–water partition coefficient (Wildman–Crippen LogP) is 5.69. The second-order valence-corrected chi connectivity index (χ2v) is 8.17. The summed E-state index contributed by atoms with van der Waals surface area (Å²) in [5.74, 6) is 0.0214. The molecule has 0 aliphatic heterocycles. The number of amides is 1. The van der Waals surface area contributed by atoms with E-state index >= 15 is 0 Å². The van der Waals surface area contributed by atoms with E-state index in [0.717, 1.165) is 22.1 Å². The predicted molar refractivity (Wildman–Crippen MR) is 132 cm³/mol. The summed E-state index contributed by atoms with van der Waals surface area (Å²) < 4.78 is 5.05. The van der Waals surface area contributed by atoms with Crippen molar-refractivity contribution in [3.8, 4) is 22.8 Å². The lowest BCUT2D eigenvalue weighted by Gasteiger charge is -2.04. The highest BCUT2D eigenvalue weighted by Crippen LogP contribution is 2.28. The Balaban J connectivity index is 1.37. The van der Waals surface area contributed by atoms with Gasteiger partial charge in [0.15, 0.2) is 16.6 Å². The first-order valence-electron chi connectivity index (χ1n) is 9.81. The van der Waals surface area contributed by atoms with Gasteiger partial charge in [-0.1, -0.05) is 23.7 Å². The fourth-order valence-corrected chi connectivity index (χ4v) is 3.78. The molecular weight excluding hydrogens is 460 g/mol. The summed E-state index contributed by atoms with van der Waals surface area (Å²) >= 11 is 7.40. The van der Waals surface area contributed by atoms with Crippen molar-refractivity contribution < 1.29 is 14.6 Å². The molecule has 3 N–H and O–H groups in total. The van der Waals surface area contributed by atoms with E-state index in [0.29, 0.717) is 21.9 Å². The number of rotatable bonds is 7. The summed E-state index contributed by atoms with van der Waals surface area (Å²) in [6.07, 6.45) is 1.47. The SMILES string of the molecule is COc1cc(/C=N\NC(=O)c2ccc(-c3csc(Nc4ccc(Cl)cc4)n3)cc2)ccc1O. The summed E-state index contributed by atoms with van der Waals surface area (Å²) in [4.78, 5) is 17.0. The van der Waals surface area contributed by atoms with Gasteiger partial charge in [0.2, 0.25) is 0 Å². The van der Waals surface area contributed by atoms with E-state index in [1.165, 1.54) is 30.7 Å². The molecule has 3 aromatic carbocycles. The van der Waals surface area contributed by atoms with Gasteiger partial charge >= 0.3 is 0 Å². The van der Waals surface area contributed by atoms with Gasteiger partial charge in [-0.05, 0) is 60.2 Å². The van der Waals surface area contributed by atoms with Crippen LogP contribution in [-0.4, -0.2) is 29.3 Å². The van der Waals surface area contributed by atoms with Crippen LogP contribution in [0.2, 0.25) is 5.02 Å². The van der Waals surface area contributed by atoms with E-state index < -0.39 is 0 Å². The summed E-state index contributed by atoms with van der Waals surface area (Å²) in [5, 5.41) is 20.2. The van der Waals surface area contributed by atoms with Crippen LogP contribution in [0.5, 0.6) is 11.5 Å². The van der Waals surface area contributed by atoms with Crippen molar-refractivity contribution in [2.75, 3.05) is 12.4 Å². The first-order chi connectivity index (χ1) is 16.0. The highest BCUT2D eigenvalue weighted by molar-refractivity contribution is 7.14. The lowest BCUT2D eigenvalue weighted by Crippen LogP contribution is -2.17. The standard InChI is InChI=1S/C24H19ClN4O3S/c1-32-22-12-15(2-11-21(22)30)13-26-29-23(31)17-5-3-16(4-6-17)20-14-33-24(28-20)27-19-9-7-18(25)8-10-19/h2-14,30H,1H3,(H,27,28)(H,29,31)/b26-13-. The quantitative estimate of drug-likeness (QED) is 0.234. The summed E-state index contributed by atoms with van der Waals surface area (Å²) in [6, 6.07) is 19.3. The maximum absolute atomic E-state index is 12.4. The maximum atomic E-state index is 12.4. The number of ether oxygens (including phenoxy) is 1. The molecule has 9 heteroatoms. The highest BCUT2D eigenvalue weighted by Gasteiger charge is 2.08. The minimum atomic E-state index is -0.341. The highest BCUT2D eigenvalue weighted by atomic mass is 35.5. The molecule has 0 bridgehead atoms. The minimum Gasteiger partial charge on any atom is -0.504 e. The third-order valence-corrected chi connectivity index (χ3v) is 5.64. The smallest absolute Gasteiger partial charge is 0.271 e. The fraction of sp³-hybridized carbons (Fsp3) is 0.0417. The molecule has 0 fully saturated rings. The molecule has 33 heavy (non-hydrogen) atoms. The molecule has 4 rings (SSSR count). The number of anilines is 2. The molecule has 1 heterocycles. The summed E-state index contributed by atoms with van der Waals surface area (Å²) in [7, 11) is 1.46. The van der Waals surface area contributed by atoms with Gasteiger partial charge in [-0.25, -0.2) is 10.4 Å². The van der Waals surface area contributed by atoms with Crippen LogP contribution in [0.25, 0.3) is 11.3 Å². The van der Waals surface area contributed by atoms with Crippen molar-refractivity contribution in [3.63, 3.8) is 0 Å². The first-order valence-corrected chi connectivity index (χ1v) is 11.1. The number of hydrogen-bond acceptors (Lipinski definition) is 7. The number of nitrogens with zero attached hydrogens (tertiary/aromatic N) is 2. The lowest BCUT2D eigenvalue weighted by atomic mass is 10.1. The molecule has 0 radical (unpaired) electrons. The zero-order chi connectivity index (χ0) is 23.2. The molecule has 0 aliphatic carbocycles. The zero-order valence-electron chi connectivity index (χ0n) is 17.4. The third-order valence-electron chi connectivity index (χ3n) is 4.63. The van der Waals surface area contributed by atoms with Gasteiger partial charge in [-0.3, -0.25) is 4.79 Å². The number of benzene rings is 3. The summed E-state index contributed by atoms with van der Waals surface area (Å²) in [5.41, 5.74) is 6.23. The van der Waals surface area contributed by atoms with Crippen molar-refractivity contribution in [1.29, 1.82) is 0 Å². The molecule has 0 spiro atoms. The molecule has 0 saturated carbocycles. The van der Waals surface area contributed by atoms with Gasteiger partial charge in [-0.2, -0.15) is 5.10 Å². The van der Waals surface area contributed by atoms with Gasteiger partial charge in [0.05, 0.1) is 19.0 Å². The van der Waals surface area contributed by atoms with Gasteiger partial charge in [-0.15, -0.1) is 11.3 Å². The van der Waals surface area contributed by atoms with Gasteiger partial charge in [0.1, 0.15) is 0 Å².